The molecule has 0 amide bonds. The first-order chi connectivity index (χ1) is 15.3. The normalized spacial score (nSPS) is 13.0. The van der Waals surface area contributed by atoms with Crippen molar-refractivity contribution in [3.05, 3.63) is 84.1 Å². The standard InChI is InChI=1S/C16H10N8.C6H7N.Al.3H/c1-2-11-6-13-8-17-15(20-13)22-16-21-14(23-24-16)7-12-4-3-10(19-12)5-9(1)18-11;1-2-4-6-7-5-3-1;;;;/h1-8,18H,(H,17,20,21,22,23,24);1-7H;;;;. The van der Waals surface area contributed by atoms with Gasteiger partial charge in [0.05, 0.1) is 23.3 Å². The van der Waals surface area contributed by atoms with Crippen molar-refractivity contribution in [2.24, 2.45) is 4.99 Å². The molecule has 3 aliphatic rings. The maximum absolute atomic E-state index is 4.53. The highest BCUT2D eigenvalue weighted by molar-refractivity contribution is 5.83. The second kappa shape index (κ2) is 9.79. The van der Waals surface area contributed by atoms with E-state index in [0.717, 1.165) is 22.4 Å². The second-order valence-corrected chi connectivity index (χ2v) is 6.61. The lowest BCUT2D eigenvalue weighted by atomic mass is 10.3. The van der Waals surface area contributed by atoms with Crippen LogP contribution in [0.3, 0.4) is 0 Å². The van der Waals surface area contributed by atoms with Gasteiger partial charge in [0, 0.05) is 29.5 Å². The third-order valence-corrected chi connectivity index (χ3v) is 4.26. The lowest BCUT2D eigenvalue weighted by molar-refractivity contribution is 1.10. The van der Waals surface area contributed by atoms with E-state index in [-0.39, 0.29) is 17.4 Å². The Balaban J connectivity index is 0.000000265. The number of aromatic amines is 2. The van der Waals surface area contributed by atoms with Crippen molar-refractivity contribution in [1.82, 2.24) is 40.4 Å². The van der Waals surface area contributed by atoms with Crippen molar-refractivity contribution in [1.29, 1.82) is 0 Å². The molecular formula is C22H20AlN9. The van der Waals surface area contributed by atoms with Gasteiger partial charge in [-0.25, -0.2) is 15.0 Å². The quantitative estimate of drug-likeness (QED) is 0.320. The molecule has 0 saturated heterocycles. The Hall–Kier alpha value is -4.13. The number of nitrogens with one attached hydrogen (secondary N) is 3. The maximum Gasteiger partial charge on any atom is 0.253 e. The van der Waals surface area contributed by atoms with Gasteiger partial charge in [0.15, 0.2) is 23.0 Å². The van der Waals surface area contributed by atoms with Gasteiger partial charge in [-0.3, -0.25) is 0 Å². The average Bonchev–Trinajstić information content (AvgIpc) is 3.53. The summed E-state index contributed by atoms with van der Waals surface area (Å²) in [6.45, 7) is 0. The third kappa shape index (κ3) is 5.32. The molecule has 0 atom stereocenters. The first-order valence-electron chi connectivity index (χ1n) is 9.56. The van der Waals surface area contributed by atoms with Crippen LogP contribution in [0.2, 0.25) is 0 Å². The molecule has 10 heteroatoms. The Kier molecular flexibility index (Phi) is 6.46. The number of nitrogens with zero attached hydrogens (tertiary/aromatic N) is 6. The predicted molar refractivity (Wildman–Crippen MR) is 131 cm³/mol. The molecule has 156 valence electrons. The van der Waals surface area contributed by atoms with Gasteiger partial charge in [-0.15, -0.1) is 10.2 Å². The van der Waals surface area contributed by atoms with Crippen LogP contribution < -0.4 is 5.32 Å². The van der Waals surface area contributed by atoms with Crippen LogP contribution in [-0.2, 0) is 0 Å². The van der Waals surface area contributed by atoms with Gasteiger partial charge in [0.1, 0.15) is 0 Å². The summed E-state index contributed by atoms with van der Waals surface area (Å²) in [7, 11) is 0. The Morgan fingerprint density at radius 2 is 1.38 bits per heavy atom. The molecule has 0 unspecified atom stereocenters. The van der Waals surface area contributed by atoms with Crippen LogP contribution in [-0.4, -0.2) is 58.7 Å². The molecule has 3 N–H and O–H groups in total. The van der Waals surface area contributed by atoms with Crippen LogP contribution in [0.15, 0.2) is 72.0 Å². The van der Waals surface area contributed by atoms with Crippen molar-refractivity contribution < 1.29 is 0 Å². The van der Waals surface area contributed by atoms with Crippen LogP contribution in [0.4, 0.5) is 5.95 Å². The topological polar surface area (TPSA) is 120 Å². The third-order valence-electron chi connectivity index (χ3n) is 4.26. The zero-order chi connectivity index (χ0) is 20.9. The monoisotopic (exact) mass is 437 g/mol. The molecule has 3 aromatic heterocycles. The molecule has 0 radical (unpaired) electrons. The number of aliphatic imine (C=N–C) groups is 1. The molecule has 9 nitrogen and oxygen atoms in total. The second-order valence-electron chi connectivity index (χ2n) is 6.61. The fraction of sp³-hybridized carbons (Fsp3) is 0. The van der Waals surface area contributed by atoms with Gasteiger partial charge in [-0.05, 0) is 48.6 Å². The number of fused-ring (bicyclic) bond motifs is 8. The number of rotatable bonds is 0. The van der Waals surface area contributed by atoms with E-state index in [2.05, 4.69) is 45.4 Å². The van der Waals surface area contributed by atoms with Gasteiger partial charge in [0.25, 0.3) is 11.7 Å². The summed E-state index contributed by atoms with van der Waals surface area (Å²) < 4.78 is 0. The minimum Gasteiger partial charge on any atom is -0.368 e. The summed E-state index contributed by atoms with van der Waals surface area (Å²) in [5.41, 5.74) is 4.84. The van der Waals surface area contributed by atoms with E-state index in [1.165, 1.54) is 0 Å². The van der Waals surface area contributed by atoms with E-state index in [4.69, 9.17) is 0 Å². The smallest absolute Gasteiger partial charge is 0.253 e. The first kappa shape index (κ1) is 21.1. The lowest BCUT2D eigenvalue weighted by Crippen LogP contribution is -1.87. The molecule has 6 heterocycles. The minimum absolute atomic E-state index is 0. The van der Waals surface area contributed by atoms with Crippen LogP contribution in [0.25, 0.3) is 34.6 Å². The number of aromatic nitrogens is 7. The zero-order valence-electron chi connectivity index (χ0n) is 16.3. The summed E-state index contributed by atoms with van der Waals surface area (Å²) in [5.74, 6) is 0.689. The Morgan fingerprint density at radius 3 is 2.16 bits per heavy atom. The Labute approximate surface area is 193 Å². The number of allylic oxidation sites excluding steroid dienone is 4. The Morgan fingerprint density at radius 1 is 0.656 bits per heavy atom. The van der Waals surface area contributed by atoms with E-state index in [1.54, 1.807) is 12.3 Å². The number of hydrogen-bond acceptors (Lipinski definition) is 7. The molecule has 32 heavy (non-hydrogen) atoms. The molecule has 0 saturated carbocycles. The fourth-order valence-corrected chi connectivity index (χ4v) is 2.91. The van der Waals surface area contributed by atoms with Crippen molar-refractivity contribution in [3.8, 4) is 0 Å². The minimum atomic E-state index is 0. The summed E-state index contributed by atoms with van der Waals surface area (Å²) in [6, 6.07) is 9.66. The van der Waals surface area contributed by atoms with Crippen molar-refractivity contribution in [2.75, 3.05) is 0 Å². The van der Waals surface area contributed by atoms with Gasteiger partial charge < -0.3 is 15.3 Å². The molecule has 6 rings (SSSR count). The molecule has 0 spiro atoms. The SMILES string of the molecule is C1=CC=CNC=C1.C1=Cc2cc3nnc(nc4nc(cc5ccc(cc1n2)[nH]5)C=N4)[nH]3.[AlH3]. The first-order valence-corrected chi connectivity index (χ1v) is 9.56. The van der Waals surface area contributed by atoms with Crippen LogP contribution in [0.5, 0.6) is 0 Å². The van der Waals surface area contributed by atoms with Crippen LogP contribution in [0.1, 0.15) is 17.1 Å². The van der Waals surface area contributed by atoms with Gasteiger partial charge in [-0.1, -0.05) is 12.2 Å². The molecule has 0 aromatic carbocycles. The van der Waals surface area contributed by atoms with Gasteiger partial charge in [-0.2, -0.15) is 4.98 Å². The number of hydrogen-bond donors (Lipinski definition) is 3. The molecule has 3 aliphatic heterocycles. The fourth-order valence-electron chi connectivity index (χ4n) is 2.91. The molecule has 8 bridgehead atoms. The molecular weight excluding hydrogens is 417 g/mol. The van der Waals surface area contributed by atoms with Crippen molar-refractivity contribution in [3.63, 3.8) is 0 Å². The summed E-state index contributed by atoms with van der Waals surface area (Å²) in [5, 5.41) is 10.9. The van der Waals surface area contributed by atoms with E-state index < -0.39 is 0 Å². The van der Waals surface area contributed by atoms with E-state index in [1.807, 2.05) is 73.1 Å². The highest BCUT2D eigenvalue weighted by Gasteiger charge is 2.03. The largest absolute Gasteiger partial charge is 0.368 e. The van der Waals surface area contributed by atoms with Crippen molar-refractivity contribution in [2.45, 2.75) is 0 Å². The molecule has 3 aromatic rings. The lowest BCUT2D eigenvalue weighted by Gasteiger charge is -1.83. The van der Waals surface area contributed by atoms with E-state index >= 15 is 0 Å². The zero-order valence-corrected chi connectivity index (χ0v) is 16.3. The molecule has 0 fully saturated rings. The van der Waals surface area contributed by atoms with Gasteiger partial charge >= 0.3 is 0 Å². The highest BCUT2D eigenvalue weighted by Crippen LogP contribution is 2.14. The highest BCUT2D eigenvalue weighted by atomic mass is 27.0. The predicted octanol–water partition coefficient (Wildman–Crippen LogP) is 2.41. The average molecular weight is 437 g/mol. The van der Waals surface area contributed by atoms with Crippen LogP contribution >= 0.6 is 0 Å². The Bertz CT molecular complexity index is 1240. The molecule has 0 aliphatic carbocycles. The van der Waals surface area contributed by atoms with E-state index in [0.29, 0.717) is 23.1 Å². The summed E-state index contributed by atoms with van der Waals surface area (Å²) >= 11 is 0. The number of H-pyrrole nitrogens is 2. The van der Waals surface area contributed by atoms with Gasteiger partial charge in [0.2, 0.25) is 0 Å². The van der Waals surface area contributed by atoms with Crippen LogP contribution in [0, 0.1) is 0 Å². The van der Waals surface area contributed by atoms with Crippen molar-refractivity contribution >= 4 is 64.1 Å². The summed E-state index contributed by atoms with van der Waals surface area (Å²) in [6.07, 6.45) is 17.1. The van der Waals surface area contributed by atoms with E-state index in [9.17, 15) is 0 Å². The maximum atomic E-state index is 4.53. The summed E-state index contributed by atoms with van der Waals surface area (Å²) in [4.78, 5) is 23.6.